The van der Waals surface area contributed by atoms with Crippen molar-refractivity contribution in [3.05, 3.63) is 59.7 Å². The van der Waals surface area contributed by atoms with Crippen LogP contribution in [-0.4, -0.2) is 46.7 Å². The Morgan fingerprint density at radius 1 is 1.39 bits per heavy atom. The molecule has 0 aliphatic heterocycles. The van der Waals surface area contributed by atoms with Gasteiger partial charge in [-0.3, -0.25) is 20.0 Å². The van der Waals surface area contributed by atoms with Gasteiger partial charge in [0.15, 0.2) is 6.29 Å². The molecule has 0 unspecified atom stereocenters. The van der Waals surface area contributed by atoms with E-state index < -0.39 is 5.97 Å². The van der Waals surface area contributed by atoms with Crippen LogP contribution in [0.15, 0.2) is 42.9 Å². The van der Waals surface area contributed by atoms with Gasteiger partial charge in [0.05, 0.1) is 36.7 Å². The summed E-state index contributed by atoms with van der Waals surface area (Å²) >= 11 is 0. The minimum atomic E-state index is -0.900. The zero-order chi connectivity index (χ0) is 20.4. The summed E-state index contributed by atoms with van der Waals surface area (Å²) in [5.41, 5.74) is 1.49. The highest BCUT2D eigenvalue weighted by Gasteiger charge is 2.11. The maximum absolute atomic E-state index is 11.2. The van der Waals surface area contributed by atoms with Gasteiger partial charge >= 0.3 is 5.97 Å². The molecule has 0 fully saturated rings. The second kappa shape index (κ2) is 10.4. The molecule has 2 heterocycles. The van der Waals surface area contributed by atoms with E-state index in [0.29, 0.717) is 34.7 Å². The highest BCUT2D eigenvalue weighted by atomic mass is 16.5. The van der Waals surface area contributed by atoms with E-state index in [0.717, 1.165) is 0 Å². The number of carboxylic acids is 1. The van der Waals surface area contributed by atoms with Crippen LogP contribution in [-0.2, 0) is 11.4 Å². The van der Waals surface area contributed by atoms with Gasteiger partial charge < -0.3 is 19.9 Å². The van der Waals surface area contributed by atoms with Crippen molar-refractivity contribution in [2.45, 2.75) is 13.0 Å². The summed E-state index contributed by atoms with van der Waals surface area (Å²) in [4.78, 5) is 29.9. The number of allylic oxidation sites excluding steroid dienone is 1. The van der Waals surface area contributed by atoms with E-state index in [1.54, 1.807) is 18.3 Å². The van der Waals surface area contributed by atoms with Crippen LogP contribution in [0.4, 0.5) is 0 Å². The summed E-state index contributed by atoms with van der Waals surface area (Å²) < 4.78 is 10.7. The number of nitrogens with zero attached hydrogens (tertiary/aromatic N) is 2. The molecule has 0 aromatic carbocycles. The van der Waals surface area contributed by atoms with Crippen LogP contribution in [0.2, 0.25) is 0 Å². The average molecular weight is 384 g/mol. The number of carboxylic acid groups (broad SMARTS) is 1. The van der Waals surface area contributed by atoms with E-state index in [-0.39, 0.29) is 25.3 Å². The van der Waals surface area contributed by atoms with Crippen LogP contribution < -0.4 is 14.8 Å². The van der Waals surface area contributed by atoms with Gasteiger partial charge in [0.1, 0.15) is 12.4 Å². The third-order valence-corrected chi connectivity index (χ3v) is 3.59. The van der Waals surface area contributed by atoms with Gasteiger partial charge in [0.2, 0.25) is 5.88 Å². The van der Waals surface area contributed by atoms with Crippen LogP contribution in [0.5, 0.6) is 11.6 Å². The Labute approximate surface area is 161 Å². The molecule has 9 nitrogen and oxygen atoms in total. The zero-order valence-electron chi connectivity index (χ0n) is 15.2. The number of aliphatic carboxylic acids is 1. The maximum atomic E-state index is 11.2. The number of hydrogen-bond donors (Lipinski definition) is 3. The minimum absolute atomic E-state index is 0.0185. The van der Waals surface area contributed by atoms with Crippen molar-refractivity contribution in [2.75, 3.05) is 13.7 Å². The molecule has 0 aliphatic rings. The second-order valence-electron chi connectivity index (χ2n) is 5.53. The van der Waals surface area contributed by atoms with Gasteiger partial charge in [-0.15, -0.1) is 0 Å². The largest absolute Gasteiger partial charge is 0.486 e. The summed E-state index contributed by atoms with van der Waals surface area (Å²) in [6, 6.07) is 4.96. The molecule has 9 heteroatoms. The van der Waals surface area contributed by atoms with E-state index in [1.807, 2.05) is 0 Å². The van der Waals surface area contributed by atoms with E-state index in [9.17, 15) is 9.59 Å². The first-order valence-electron chi connectivity index (χ1n) is 8.31. The third-order valence-electron chi connectivity index (χ3n) is 3.59. The number of carbonyl (C=O) groups is 2. The van der Waals surface area contributed by atoms with Gasteiger partial charge in [-0.2, -0.15) is 0 Å². The number of aromatic nitrogens is 2. The fourth-order valence-corrected chi connectivity index (χ4v) is 2.20. The Balaban J connectivity index is 2.06. The van der Waals surface area contributed by atoms with Gasteiger partial charge in [-0.05, 0) is 18.3 Å². The van der Waals surface area contributed by atoms with Gasteiger partial charge in [-0.1, -0.05) is 6.07 Å². The summed E-state index contributed by atoms with van der Waals surface area (Å²) in [5, 5.41) is 19.6. The van der Waals surface area contributed by atoms with Crippen molar-refractivity contribution in [3.8, 4) is 11.6 Å². The molecule has 0 saturated carbocycles. The predicted octanol–water partition coefficient (Wildman–Crippen LogP) is 1.82. The third kappa shape index (κ3) is 5.90. The van der Waals surface area contributed by atoms with Gasteiger partial charge in [0, 0.05) is 24.4 Å². The van der Waals surface area contributed by atoms with Crippen molar-refractivity contribution >= 4 is 18.0 Å². The smallest absolute Gasteiger partial charge is 0.305 e. The number of carbonyl (C=O) groups excluding carboxylic acids is 1. The average Bonchev–Trinajstić information content (AvgIpc) is 2.71. The Kier molecular flexibility index (Phi) is 7.64. The lowest BCUT2D eigenvalue weighted by Gasteiger charge is -2.11. The van der Waals surface area contributed by atoms with Crippen LogP contribution >= 0.6 is 0 Å². The number of pyridine rings is 2. The molecule has 0 amide bonds. The van der Waals surface area contributed by atoms with Crippen molar-refractivity contribution in [1.29, 1.82) is 5.41 Å². The molecule has 0 atom stereocenters. The topological polar surface area (TPSA) is 134 Å². The minimum Gasteiger partial charge on any atom is -0.486 e. The molecule has 2 rings (SSSR count). The molecular weight excluding hydrogens is 364 g/mol. The molecule has 2 aromatic rings. The van der Waals surface area contributed by atoms with Crippen LogP contribution in [0, 0.1) is 5.41 Å². The second-order valence-corrected chi connectivity index (χ2v) is 5.53. The van der Waals surface area contributed by atoms with Crippen LogP contribution in [0.3, 0.4) is 0 Å². The Hall–Kier alpha value is -3.75. The predicted molar refractivity (Wildman–Crippen MR) is 101 cm³/mol. The molecule has 28 heavy (non-hydrogen) atoms. The summed E-state index contributed by atoms with van der Waals surface area (Å²) in [5.74, 6) is -0.301. The van der Waals surface area contributed by atoms with E-state index >= 15 is 0 Å². The fourth-order valence-electron chi connectivity index (χ4n) is 2.20. The summed E-state index contributed by atoms with van der Waals surface area (Å²) in [6.07, 6.45) is 6.58. The van der Waals surface area contributed by atoms with Gasteiger partial charge in [-0.25, -0.2) is 4.98 Å². The van der Waals surface area contributed by atoms with Crippen LogP contribution in [0.1, 0.15) is 28.0 Å². The first-order valence-corrected chi connectivity index (χ1v) is 8.31. The molecule has 0 radical (unpaired) electrons. The normalized spacial score (nSPS) is 10.5. The Bertz CT molecular complexity index is 882. The summed E-state index contributed by atoms with van der Waals surface area (Å²) in [6.45, 7) is 0.344. The molecule has 0 bridgehead atoms. The number of ether oxygens (including phenoxy) is 2. The molecule has 2 aromatic heterocycles. The molecule has 0 spiro atoms. The highest BCUT2D eigenvalue weighted by Crippen LogP contribution is 2.21. The number of aldehydes is 1. The fraction of sp³-hybridized carbons (Fsp3) is 0.211. The highest BCUT2D eigenvalue weighted by molar-refractivity contribution is 6.05. The standard InChI is InChI=1S/C19H20N4O5/c1-27-17-9-14(11-24)16(10-23-17)28-12-13-3-2-6-22-19(13)15(20)4-7-21-8-5-18(25)26/h2-4,6-7,9-11,20-21H,5,8,12H2,1H3,(H,25,26)/b7-4-,20-15?. The number of hydrogen-bond acceptors (Lipinski definition) is 8. The van der Waals surface area contributed by atoms with Crippen molar-refractivity contribution in [2.24, 2.45) is 0 Å². The Morgan fingerprint density at radius 2 is 2.21 bits per heavy atom. The zero-order valence-corrected chi connectivity index (χ0v) is 15.2. The van der Waals surface area contributed by atoms with Crippen molar-refractivity contribution in [1.82, 2.24) is 15.3 Å². The lowest BCUT2D eigenvalue weighted by atomic mass is 10.1. The van der Waals surface area contributed by atoms with Gasteiger partial charge in [0.25, 0.3) is 0 Å². The SMILES string of the molecule is COc1cc(C=O)c(OCc2cccnc2C(=N)/C=C\NCCC(=O)O)cn1. The molecule has 146 valence electrons. The van der Waals surface area contributed by atoms with Crippen LogP contribution in [0.25, 0.3) is 0 Å². The van der Waals surface area contributed by atoms with Crippen molar-refractivity contribution < 1.29 is 24.2 Å². The Morgan fingerprint density at radius 3 is 2.93 bits per heavy atom. The molecule has 3 N–H and O–H groups in total. The number of nitrogens with one attached hydrogen (secondary N) is 2. The number of methoxy groups -OCH3 is 1. The van der Waals surface area contributed by atoms with Crippen molar-refractivity contribution in [3.63, 3.8) is 0 Å². The van der Waals surface area contributed by atoms with E-state index in [4.69, 9.17) is 20.0 Å². The lowest BCUT2D eigenvalue weighted by molar-refractivity contribution is -0.136. The summed E-state index contributed by atoms with van der Waals surface area (Å²) in [7, 11) is 1.45. The molecule has 0 aliphatic carbocycles. The van der Waals surface area contributed by atoms with E-state index in [1.165, 1.54) is 31.6 Å². The quantitative estimate of drug-likeness (QED) is 0.303. The van der Waals surface area contributed by atoms with E-state index in [2.05, 4.69) is 15.3 Å². The maximum Gasteiger partial charge on any atom is 0.305 e. The first kappa shape index (κ1) is 20.6. The number of rotatable bonds is 11. The molecule has 0 saturated heterocycles. The lowest BCUT2D eigenvalue weighted by Crippen LogP contribution is -2.13. The first-order chi connectivity index (χ1) is 13.5. The monoisotopic (exact) mass is 384 g/mol. The molecular formula is C19H20N4O5.